The van der Waals surface area contributed by atoms with Gasteiger partial charge < -0.3 is 4.74 Å². The molecule has 0 aromatic carbocycles. The highest BCUT2D eigenvalue weighted by Gasteiger charge is 2.10. The molecule has 146 valence electrons. The normalized spacial score (nSPS) is 15.1. The minimum absolute atomic E-state index is 0.735. The second-order valence-electron chi connectivity index (χ2n) is 7.02. The van der Waals surface area contributed by atoms with Crippen molar-refractivity contribution in [3.63, 3.8) is 0 Å². The molecule has 2 heteroatoms. The second kappa shape index (κ2) is 15.7. The Labute approximate surface area is 161 Å². The summed E-state index contributed by atoms with van der Waals surface area (Å²) in [5, 5.41) is 0. The van der Waals surface area contributed by atoms with E-state index in [1.807, 2.05) is 12.2 Å². The van der Waals surface area contributed by atoms with Crippen LogP contribution in [0.1, 0.15) is 90.9 Å². The maximum absolute atomic E-state index is 5.87. The molecule has 1 aliphatic carbocycles. The lowest BCUT2D eigenvalue weighted by atomic mass is 10.1. The predicted octanol–water partition coefficient (Wildman–Crippen LogP) is 6.80. The Morgan fingerprint density at radius 2 is 1.54 bits per heavy atom. The van der Waals surface area contributed by atoms with Gasteiger partial charge in [-0.2, -0.15) is 0 Å². The fraction of sp³-hybridized carbons (Fsp3) is 0.667. The van der Waals surface area contributed by atoms with Crippen molar-refractivity contribution in [2.75, 3.05) is 13.2 Å². The van der Waals surface area contributed by atoms with Crippen molar-refractivity contribution in [3.05, 3.63) is 41.9 Å². The van der Waals surface area contributed by atoms with E-state index < -0.39 is 0 Å². The van der Waals surface area contributed by atoms with Gasteiger partial charge in [0.15, 0.2) is 0 Å². The van der Waals surface area contributed by atoms with E-state index >= 15 is 0 Å². The van der Waals surface area contributed by atoms with Crippen LogP contribution in [-0.2, 0) is 9.16 Å². The third-order valence-corrected chi connectivity index (χ3v) is 4.61. The Bertz CT molecular complexity index is 504. The summed E-state index contributed by atoms with van der Waals surface area (Å²) in [6.45, 7) is 11.7. The smallest absolute Gasteiger partial charge is 0.282 e. The lowest BCUT2D eigenvalue weighted by molar-refractivity contribution is -0.456. The van der Waals surface area contributed by atoms with Crippen molar-refractivity contribution in [1.82, 2.24) is 0 Å². The van der Waals surface area contributed by atoms with Gasteiger partial charge in [0.1, 0.15) is 5.76 Å². The van der Waals surface area contributed by atoms with Crippen LogP contribution >= 0.6 is 0 Å². The summed E-state index contributed by atoms with van der Waals surface area (Å²) in [6, 6.07) is 0. The average molecular weight is 359 g/mol. The van der Waals surface area contributed by atoms with Gasteiger partial charge in [0.25, 0.3) is 12.4 Å². The molecule has 0 bridgehead atoms. The van der Waals surface area contributed by atoms with Gasteiger partial charge in [0, 0.05) is 6.42 Å². The van der Waals surface area contributed by atoms with Crippen LogP contribution < -0.4 is 0 Å². The van der Waals surface area contributed by atoms with E-state index in [1.54, 1.807) is 6.08 Å². The molecule has 0 atom stereocenters. The topological polar surface area (TPSA) is 20.5 Å². The third-order valence-electron chi connectivity index (χ3n) is 4.61. The average Bonchev–Trinajstić information content (AvgIpc) is 2.67. The number of hydrogen-bond donors (Lipinski definition) is 0. The van der Waals surface area contributed by atoms with Crippen LogP contribution in [0, 0.1) is 6.58 Å². The summed E-state index contributed by atoms with van der Waals surface area (Å²) in [6.07, 6.45) is 20.5. The van der Waals surface area contributed by atoms with Crippen molar-refractivity contribution in [3.8, 4) is 0 Å². The van der Waals surface area contributed by atoms with E-state index in [4.69, 9.17) is 15.7 Å². The maximum Gasteiger partial charge on any atom is 0.282 e. The molecular weight excluding hydrogens is 320 g/mol. The number of allylic oxidation sites excluding steroid dienone is 3. The minimum Gasteiger partial charge on any atom is -0.488 e. The zero-order valence-corrected chi connectivity index (χ0v) is 17.0. The predicted molar refractivity (Wildman–Crippen MR) is 111 cm³/mol. The van der Waals surface area contributed by atoms with Crippen LogP contribution in [0.25, 0.3) is 0 Å². The van der Waals surface area contributed by atoms with E-state index in [-0.39, 0.29) is 0 Å². The van der Waals surface area contributed by atoms with Crippen LogP contribution in [0.3, 0.4) is 0 Å². The highest BCUT2D eigenvalue weighted by molar-refractivity contribution is 6.07. The molecule has 0 aromatic rings. The quantitative estimate of drug-likeness (QED) is 0.129. The molecule has 1 aliphatic rings. The highest BCUT2D eigenvalue weighted by Crippen LogP contribution is 2.13. The number of hydrogen-bond acceptors (Lipinski definition) is 1. The molecule has 1 rings (SSSR count). The van der Waals surface area contributed by atoms with Crippen molar-refractivity contribution in [2.45, 2.75) is 90.9 Å². The van der Waals surface area contributed by atoms with Crippen molar-refractivity contribution < 1.29 is 9.16 Å². The van der Waals surface area contributed by atoms with E-state index in [2.05, 4.69) is 19.6 Å². The van der Waals surface area contributed by atoms with Gasteiger partial charge in [-0.15, -0.1) is 0 Å². The van der Waals surface area contributed by atoms with Crippen LogP contribution in [0.5, 0.6) is 0 Å². The third kappa shape index (κ3) is 10.5. The monoisotopic (exact) mass is 358 g/mol. The minimum atomic E-state index is 0.735. The van der Waals surface area contributed by atoms with E-state index in [0.717, 1.165) is 43.2 Å². The van der Waals surface area contributed by atoms with E-state index in [9.17, 15) is 0 Å². The van der Waals surface area contributed by atoms with Crippen molar-refractivity contribution >= 4 is 5.78 Å². The number of unbranched alkanes of at least 4 members (excludes halogenated alkanes) is 10. The molecule has 0 aliphatic heterocycles. The Morgan fingerprint density at radius 3 is 2.19 bits per heavy atom. The molecular formula is C24H38O2. The number of rotatable bonds is 16. The number of carbonyl (C=O) groups excluding carboxylic acids is 1. The molecule has 0 N–H and O–H groups in total. The van der Waals surface area contributed by atoms with Gasteiger partial charge in [-0.05, 0) is 12.8 Å². The first kappa shape index (κ1) is 22.5. The zero-order chi connectivity index (χ0) is 18.9. The zero-order valence-electron chi connectivity index (χ0n) is 17.0. The van der Waals surface area contributed by atoms with Gasteiger partial charge in [0.05, 0.1) is 12.7 Å². The van der Waals surface area contributed by atoms with E-state index in [1.165, 1.54) is 64.2 Å². The molecule has 0 unspecified atom stereocenters. The Morgan fingerprint density at radius 1 is 0.923 bits per heavy atom. The van der Waals surface area contributed by atoms with Gasteiger partial charge >= 0.3 is 0 Å². The van der Waals surface area contributed by atoms with Crippen LogP contribution in [0.15, 0.2) is 35.3 Å². The molecule has 0 amide bonds. The Balaban J connectivity index is 2.31. The standard InChI is InChI=1S/C24H38O2/c1-4-7-9-11-13-15-19-25-23-17-18-24(22(6-3)21-23)26-20-16-14-12-10-8-5-2/h3,6,18,21H,4-5,7-16,19-20H2,1-2H3. The number of ketones is 1. The van der Waals surface area contributed by atoms with Crippen molar-refractivity contribution in [2.24, 2.45) is 0 Å². The SMILES string of the molecule is [CH-]=CC1=CC(OCCCCCCCC)=C=CC1=[O+]CCCCCCCC. The molecule has 0 spiro atoms. The Hall–Kier alpha value is -1.53. The van der Waals surface area contributed by atoms with Crippen LogP contribution in [-0.4, -0.2) is 19.0 Å². The summed E-state index contributed by atoms with van der Waals surface area (Å²) in [7, 11) is 0. The van der Waals surface area contributed by atoms with Gasteiger partial charge in [-0.25, -0.2) is 6.08 Å². The summed E-state index contributed by atoms with van der Waals surface area (Å²) < 4.78 is 11.7. The largest absolute Gasteiger partial charge is 0.488 e. The van der Waals surface area contributed by atoms with Gasteiger partial charge in [-0.3, -0.25) is 11.0 Å². The lowest BCUT2D eigenvalue weighted by Crippen LogP contribution is -2.07. The molecule has 0 saturated heterocycles. The van der Waals surface area contributed by atoms with Crippen LogP contribution in [0.2, 0.25) is 0 Å². The number of ether oxygens (including phenoxy) is 1. The highest BCUT2D eigenvalue weighted by atomic mass is 16.5. The molecule has 0 saturated carbocycles. The molecule has 26 heavy (non-hydrogen) atoms. The summed E-state index contributed by atoms with van der Waals surface area (Å²) >= 11 is 0. The maximum atomic E-state index is 5.87. The first-order valence-electron chi connectivity index (χ1n) is 10.7. The molecule has 0 aromatic heterocycles. The summed E-state index contributed by atoms with van der Waals surface area (Å²) in [5.41, 5.74) is 4.05. The first-order valence-corrected chi connectivity index (χ1v) is 10.7. The Kier molecular flexibility index (Phi) is 13.6. The molecule has 0 radical (unpaired) electrons. The molecule has 2 nitrogen and oxygen atoms in total. The summed E-state index contributed by atoms with van der Waals surface area (Å²) in [5.74, 6) is 1.55. The fourth-order valence-electron chi connectivity index (χ4n) is 2.94. The van der Waals surface area contributed by atoms with Gasteiger partial charge in [0.2, 0.25) is 0 Å². The van der Waals surface area contributed by atoms with Gasteiger partial charge in [-0.1, -0.05) is 89.0 Å². The lowest BCUT2D eigenvalue weighted by Gasteiger charge is -2.11. The van der Waals surface area contributed by atoms with Crippen LogP contribution in [0.4, 0.5) is 0 Å². The molecule has 0 heterocycles. The van der Waals surface area contributed by atoms with E-state index in [0.29, 0.717) is 0 Å². The second-order valence-corrected chi connectivity index (χ2v) is 7.02. The first-order chi connectivity index (χ1) is 12.8. The summed E-state index contributed by atoms with van der Waals surface area (Å²) in [4.78, 5) is 0. The molecule has 0 fully saturated rings. The van der Waals surface area contributed by atoms with Crippen molar-refractivity contribution in [1.29, 1.82) is 0 Å². The fourth-order valence-corrected chi connectivity index (χ4v) is 2.94.